The SMILES string of the molecule is CCCCCCN1CC2(CCCCC2)NCC1C(C)CC. The summed E-state index contributed by atoms with van der Waals surface area (Å²) in [5.74, 6) is 0.824. The van der Waals surface area contributed by atoms with E-state index in [0.717, 1.165) is 12.0 Å². The van der Waals surface area contributed by atoms with Gasteiger partial charge in [-0.2, -0.15) is 0 Å². The maximum absolute atomic E-state index is 3.99. The molecule has 2 heteroatoms. The second-order valence-corrected chi connectivity index (χ2v) is 7.71. The minimum absolute atomic E-state index is 0.465. The third-order valence-corrected chi connectivity index (χ3v) is 6.07. The second kappa shape index (κ2) is 8.53. The Morgan fingerprint density at radius 2 is 1.86 bits per heavy atom. The highest BCUT2D eigenvalue weighted by atomic mass is 15.3. The van der Waals surface area contributed by atoms with Gasteiger partial charge >= 0.3 is 0 Å². The van der Waals surface area contributed by atoms with E-state index < -0.39 is 0 Å². The van der Waals surface area contributed by atoms with Crippen LogP contribution in [0.3, 0.4) is 0 Å². The molecule has 2 atom stereocenters. The molecule has 2 unspecified atom stereocenters. The highest BCUT2D eigenvalue weighted by Crippen LogP contribution is 2.33. The monoisotopic (exact) mass is 294 g/mol. The number of hydrogen-bond donors (Lipinski definition) is 1. The van der Waals surface area contributed by atoms with Crippen LogP contribution in [0.4, 0.5) is 0 Å². The Bertz CT molecular complexity index is 283. The van der Waals surface area contributed by atoms with Crippen LogP contribution in [-0.2, 0) is 0 Å². The lowest BCUT2D eigenvalue weighted by Crippen LogP contribution is -2.66. The summed E-state index contributed by atoms with van der Waals surface area (Å²) in [6, 6.07) is 0.768. The Morgan fingerprint density at radius 3 is 2.52 bits per heavy atom. The van der Waals surface area contributed by atoms with E-state index in [9.17, 15) is 0 Å². The largest absolute Gasteiger partial charge is 0.308 e. The number of nitrogens with zero attached hydrogens (tertiary/aromatic N) is 1. The number of piperazine rings is 1. The summed E-state index contributed by atoms with van der Waals surface area (Å²) < 4.78 is 0. The first-order valence-corrected chi connectivity index (χ1v) is 9.70. The second-order valence-electron chi connectivity index (χ2n) is 7.71. The Balaban J connectivity index is 1.93. The summed E-state index contributed by atoms with van der Waals surface area (Å²) >= 11 is 0. The predicted octanol–water partition coefficient (Wildman–Crippen LogP) is 4.59. The third kappa shape index (κ3) is 4.69. The molecule has 2 fully saturated rings. The molecule has 0 radical (unpaired) electrons. The van der Waals surface area contributed by atoms with Crippen LogP contribution in [0.25, 0.3) is 0 Å². The fourth-order valence-corrected chi connectivity index (χ4v) is 4.40. The van der Waals surface area contributed by atoms with Crippen LogP contribution >= 0.6 is 0 Å². The first kappa shape index (κ1) is 17.3. The average molecular weight is 295 g/mol. The lowest BCUT2D eigenvalue weighted by molar-refractivity contribution is 0.0312. The average Bonchev–Trinajstić information content (AvgIpc) is 2.52. The van der Waals surface area contributed by atoms with Gasteiger partial charge in [-0.15, -0.1) is 0 Å². The molecular weight excluding hydrogens is 256 g/mol. The van der Waals surface area contributed by atoms with Gasteiger partial charge in [-0.3, -0.25) is 4.90 Å². The van der Waals surface area contributed by atoms with Crippen LogP contribution in [-0.4, -0.2) is 36.1 Å². The van der Waals surface area contributed by atoms with E-state index in [1.807, 2.05) is 0 Å². The van der Waals surface area contributed by atoms with E-state index in [0.29, 0.717) is 5.54 Å². The Kier molecular flexibility index (Phi) is 7.01. The van der Waals surface area contributed by atoms with E-state index in [1.165, 1.54) is 83.8 Å². The van der Waals surface area contributed by atoms with Gasteiger partial charge in [-0.05, 0) is 31.7 Å². The normalized spacial score (nSPS) is 27.9. The Labute approximate surface area is 133 Å². The van der Waals surface area contributed by atoms with E-state index >= 15 is 0 Å². The summed E-state index contributed by atoms with van der Waals surface area (Å²) in [4.78, 5) is 2.87. The van der Waals surface area contributed by atoms with Crippen LogP contribution in [0.2, 0.25) is 0 Å². The van der Waals surface area contributed by atoms with Crippen LogP contribution in [0, 0.1) is 5.92 Å². The molecule has 0 amide bonds. The van der Waals surface area contributed by atoms with Gasteiger partial charge in [0.25, 0.3) is 0 Å². The minimum atomic E-state index is 0.465. The molecule has 124 valence electrons. The Hall–Kier alpha value is -0.0800. The van der Waals surface area contributed by atoms with E-state index in [4.69, 9.17) is 0 Å². The van der Waals surface area contributed by atoms with Crippen molar-refractivity contribution in [3.8, 4) is 0 Å². The summed E-state index contributed by atoms with van der Waals surface area (Å²) in [7, 11) is 0. The maximum Gasteiger partial charge on any atom is 0.0309 e. The van der Waals surface area contributed by atoms with Crippen molar-refractivity contribution in [1.82, 2.24) is 10.2 Å². The van der Waals surface area contributed by atoms with E-state index in [1.54, 1.807) is 0 Å². The molecule has 1 heterocycles. The van der Waals surface area contributed by atoms with Crippen LogP contribution < -0.4 is 5.32 Å². The van der Waals surface area contributed by atoms with Crippen molar-refractivity contribution >= 4 is 0 Å². The molecule has 1 saturated heterocycles. The molecule has 2 aliphatic rings. The molecule has 1 aliphatic heterocycles. The molecule has 0 bridgehead atoms. The zero-order valence-electron chi connectivity index (χ0n) is 14.8. The van der Waals surface area contributed by atoms with Crippen molar-refractivity contribution in [3.63, 3.8) is 0 Å². The fourth-order valence-electron chi connectivity index (χ4n) is 4.40. The van der Waals surface area contributed by atoms with E-state index in [-0.39, 0.29) is 0 Å². The first-order valence-electron chi connectivity index (χ1n) is 9.70. The van der Waals surface area contributed by atoms with Crippen molar-refractivity contribution in [3.05, 3.63) is 0 Å². The number of hydrogen-bond acceptors (Lipinski definition) is 2. The summed E-state index contributed by atoms with van der Waals surface area (Å²) in [5, 5.41) is 3.99. The molecule has 0 aromatic rings. The maximum atomic E-state index is 3.99. The summed E-state index contributed by atoms with van der Waals surface area (Å²) in [5.41, 5.74) is 0.465. The lowest BCUT2D eigenvalue weighted by atomic mass is 9.78. The molecule has 1 aliphatic carbocycles. The summed E-state index contributed by atoms with van der Waals surface area (Å²) in [6.07, 6.45) is 14.0. The van der Waals surface area contributed by atoms with Gasteiger partial charge in [-0.25, -0.2) is 0 Å². The van der Waals surface area contributed by atoms with Crippen molar-refractivity contribution < 1.29 is 0 Å². The van der Waals surface area contributed by atoms with Gasteiger partial charge in [-0.1, -0.05) is 65.7 Å². The van der Waals surface area contributed by atoms with Crippen LogP contribution in [0.15, 0.2) is 0 Å². The molecular formula is C19H38N2. The first-order chi connectivity index (χ1) is 10.2. The molecule has 1 spiro atoms. The third-order valence-electron chi connectivity index (χ3n) is 6.07. The standard InChI is InChI=1S/C19H38N2/c1-4-6-7-11-14-21-16-19(12-9-8-10-13-19)20-15-18(21)17(3)5-2/h17-18,20H,4-16H2,1-3H3. The topological polar surface area (TPSA) is 15.3 Å². The zero-order chi connectivity index (χ0) is 15.1. The molecule has 0 aromatic carbocycles. The van der Waals surface area contributed by atoms with Crippen molar-refractivity contribution in [2.45, 2.75) is 96.6 Å². The smallest absolute Gasteiger partial charge is 0.0309 e. The minimum Gasteiger partial charge on any atom is -0.308 e. The Morgan fingerprint density at radius 1 is 1.10 bits per heavy atom. The molecule has 0 aromatic heterocycles. The van der Waals surface area contributed by atoms with Gasteiger partial charge in [0.05, 0.1) is 0 Å². The molecule has 1 N–H and O–H groups in total. The van der Waals surface area contributed by atoms with Gasteiger partial charge in [0.1, 0.15) is 0 Å². The predicted molar refractivity (Wildman–Crippen MR) is 92.8 cm³/mol. The summed E-state index contributed by atoms with van der Waals surface area (Å²) in [6.45, 7) is 11.0. The van der Waals surface area contributed by atoms with Crippen molar-refractivity contribution in [2.75, 3.05) is 19.6 Å². The van der Waals surface area contributed by atoms with Crippen LogP contribution in [0.1, 0.15) is 85.0 Å². The van der Waals surface area contributed by atoms with Gasteiger partial charge in [0.15, 0.2) is 0 Å². The van der Waals surface area contributed by atoms with E-state index in [2.05, 4.69) is 31.0 Å². The number of nitrogens with one attached hydrogen (secondary N) is 1. The van der Waals surface area contributed by atoms with Crippen molar-refractivity contribution in [2.24, 2.45) is 5.92 Å². The number of rotatable bonds is 7. The quantitative estimate of drug-likeness (QED) is 0.691. The lowest BCUT2D eigenvalue weighted by Gasteiger charge is -2.51. The van der Waals surface area contributed by atoms with Crippen LogP contribution in [0.5, 0.6) is 0 Å². The highest BCUT2D eigenvalue weighted by molar-refractivity contribution is 5.00. The molecule has 2 rings (SSSR count). The highest BCUT2D eigenvalue weighted by Gasteiger charge is 2.40. The number of unbranched alkanes of at least 4 members (excludes halogenated alkanes) is 3. The van der Waals surface area contributed by atoms with Gasteiger partial charge in [0, 0.05) is 24.7 Å². The van der Waals surface area contributed by atoms with Crippen molar-refractivity contribution in [1.29, 1.82) is 0 Å². The zero-order valence-corrected chi connectivity index (χ0v) is 14.8. The van der Waals surface area contributed by atoms with Gasteiger partial charge in [0.2, 0.25) is 0 Å². The van der Waals surface area contributed by atoms with Gasteiger partial charge < -0.3 is 5.32 Å². The molecule has 1 saturated carbocycles. The fraction of sp³-hybridized carbons (Fsp3) is 1.00. The molecule has 2 nitrogen and oxygen atoms in total. The molecule has 21 heavy (non-hydrogen) atoms.